The Morgan fingerprint density at radius 3 is 2.60 bits per heavy atom. The van der Waals surface area contributed by atoms with Gasteiger partial charge in [-0.3, -0.25) is 9.59 Å². The maximum Gasteiger partial charge on any atom is 0.295 e. The fraction of sp³-hybridized carbons (Fsp3) is 0.407. The summed E-state index contributed by atoms with van der Waals surface area (Å²) in [5.74, 6) is 0.491. The van der Waals surface area contributed by atoms with Gasteiger partial charge in [-0.15, -0.1) is 0 Å². The van der Waals surface area contributed by atoms with Crippen LogP contribution in [0.1, 0.15) is 37.4 Å². The highest BCUT2D eigenvalue weighted by Crippen LogP contribution is 2.41. The Morgan fingerprint density at radius 2 is 1.86 bits per heavy atom. The molecule has 2 aliphatic heterocycles. The summed E-state index contributed by atoms with van der Waals surface area (Å²) in [4.78, 5) is 27.6. The minimum atomic E-state index is -0.785. The van der Waals surface area contributed by atoms with Crippen LogP contribution in [0.5, 0.6) is 17.2 Å². The van der Waals surface area contributed by atoms with Gasteiger partial charge in [-0.05, 0) is 48.2 Å². The van der Waals surface area contributed by atoms with Gasteiger partial charge in [0.2, 0.25) is 0 Å². The Balaban J connectivity index is 1.75. The number of ether oxygens (including phenoxy) is 4. The largest absolute Gasteiger partial charge is 0.507 e. The maximum atomic E-state index is 13.2. The van der Waals surface area contributed by atoms with Gasteiger partial charge in [0.1, 0.15) is 24.7 Å². The molecule has 8 nitrogen and oxygen atoms in total. The van der Waals surface area contributed by atoms with E-state index in [9.17, 15) is 14.7 Å². The zero-order valence-corrected chi connectivity index (χ0v) is 20.3. The van der Waals surface area contributed by atoms with E-state index in [2.05, 4.69) is 13.8 Å². The van der Waals surface area contributed by atoms with Gasteiger partial charge >= 0.3 is 0 Å². The van der Waals surface area contributed by atoms with Crippen molar-refractivity contribution in [2.45, 2.75) is 26.3 Å². The summed E-state index contributed by atoms with van der Waals surface area (Å²) in [5.41, 5.74) is 1.05. The van der Waals surface area contributed by atoms with Crippen LogP contribution < -0.4 is 14.2 Å². The van der Waals surface area contributed by atoms with Crippen LogP contribution >= 0.6 is 0 Å². The Bertz CT molecular complexity index is 1120. The zero-order valence-electron chi connectivity index (χ0n) is 20.3. The number of hydrogen-bond acceptors (Lipinski definition) is 7. The number of hydrogen-bond donors (Lipinski definition) is 1. The number of aliphatic hydroxyl groups is 1. The van der Waals surface area contributed by atoms with E-state index in [4.69, 9.17) is 18.9 Å². The summed E-state index contributed by atoms with van der Waals surface area (Å²) in [7, 11) is 1.53. The minimum Gasteiger partial charge on any atom is -0.507 e. The number of fused-ring (bicyclic) bond motifs is 1. The monoisotopic (exact) mass is 481 g/mol. The Hall–Kier alpha value is -3.52. The Kier molecular flexibility index (Phi) is 7.60. The van der Waals surface area contributed by atoms with Crippen molar-refractivity contribution in [1.29, 1.82) is 0 Å². The zero-order chi connectivity index (χ0) is 24.9. The second-order valence-electron chi connectivity index (χ2n) is 8.95. The van der Waals surface area contributed by atoms with Crippen molar-refractivity contribution in [2.24, 2.45) is 5.92 Å². The average molecular weight is 482 g/mol. The minimum absolute atomic E-state index is 0.0158. The van der Waals surface area contributed by atoms with E-state index in [0.717, 1.165) is 6.42 Å². The first-order chi connectivity index (χ1) is 16.9. The average Bonchev–Trinajstić information content (AvgIpc) is 3.11. The first-order valence-electron chi connectivity index (χ1n) is 11.8. The van der Waals surface area contributed by atoms with Crippen molar-refractivity contribution in [3.05, 3.63) is 59.2 Å². The molecule has 1 fully saturated rings. The van der Waals surface area contributed by atoms with E-state index in [1.807, 2.05) is 24.3 Å². The van der Waals surface area contributed by atoms with Crippen LogP contribution in [-0.2, 0) is 14.3 Å². The van der Waals surface area contributed by atoms with Crippen molar-refractivity contribution in [3.63, 3.8) is 0 Å². The molecule has 1 unspecified atom stereocenters. The summed E-state index contributed by atoms with van der Waals surface area (Å²) < 4.78 is 22.3. The molecule has 8 heteroatoms. The number of methoxy groups -OCH3 is 1. The molecule has 0 aromatic heterocycles. The highest BCUT2D eigenvalue weighted by atomic mass is 16.6. The van der Waals surface area contributed by atoms with Crippen LogP contribution in [0.4, 0.5) is 0 Å². The number of rotatable bonds is 9. The molecular weight excluding hydrogens is 450 g/mol. The van der Waals surface area contributed by atoms with Crippen molar-refractivity contribution in [2.75, 3.05) is 40.1 Å². The van der Waals surface area contributed by atoms with Crippen LogP contribution in [-0.4, -0.2) is 61.8 Å². The third kappa shape index (κ3) is 5.27. The third-order valence-electron chi connectivity index (χ3n) is 6.03. The maximum absolute atomic E-state index is 13.2. The lowest BCUT2D eigenvalue weighted by Crippen LogP contribution is -2.32. The molecule has 2 heterocycles. The van der Waals surface area contributed by atoms with Gasteiger partial charge in [0.15, 0.2) is 11.5 Å². The number of ketones is 1. The van der Waals surface area contributed by atoms with Gasteiger partial charge in [-0.25, -0.2) is 0 Å². The molecule has 0 radical (unpaired) electrons. The summed E-state index contributed by atoms with van der Waals surface area (Å²) in [6.45, 7) is 6.09. The predicted molar refractivity (Wildman–Crippen MR) is 130 cm³/mol. The fourth-order valence-electron chi connectivity index (χ4n) is 4.18. The topological polar surface area (TPSA) is 94.5 Å². The number of benzene rings is 2. The number of aliphatic hydroxyl groups excluding tert-OH is 1. The number of nitrogens with zero attached hydrogens (tertiary/aromatic N) is 1. The molecule has 0 bridgehead atoms. The smallest absolute Gasteiger partial charge is 0.295 e. The summed E-state index contributed by atoms with van der Waals surface area (Å²) in [5, 5.41) is 11.3. The van der Waals surface area contributed by atoms with Crippen LogP contribution in [0.2, 0.25) is 0 Å². The lowest BCUT2D eigenvalue weighted by atomic mass is 9.95. The quantitative estimate of drug-likeness (QED) is 0.329. The molecule has 0 aliphatic carbocycles. The first-order valence-corrected chi connectivity index (χ1v) is 11.8. The van der Waals surface area contributed by atoms with E-state index >= 15 is 0 Å². The Labute approximate surface area is 205 Å². The van der Waals surface area contributed by atoms with Crippen LogP contribution in [0.25, 0.3) is 5.76 Å². The second kappa shape index (κ2) is 10.8. The number of carbonyl (C=O) groups excluding carboxylic acids is 2. The summed E-state index contributed by atoms with van der Waals surface area (Å²) in [6.07, 6.45) is 0.903. The highest BCUT2D eigenvalue weighted by Gasteiger charge is 2.46. The molecule has 186 valence electrons. The van der Waals surface area contributed by atoms with Gasteiger partial charge in [0, 0.05) is 19.2 Å². The van der Waals surface area contributed by atoms with E-state index in [1.54, 1.807) is 18.2 Å². The lowest BCUT2D eigenvalue weighted by Gasteiger charge is -2.25. The molecule has 0 spiro atoms. The number of Topliss-reactive ketones (excluding diaryl/α,β-unsaturated/α-hetero) is 1. The SMILES string of the molecule is COCCN1C(=O)C(=O)C(=C(O)c2ccc3c(c2)OCCO3)C1c1cccc(OCCC(C)C)c1. The van der Waals surface area contributed by atoms with Crippen LogP contribution in [0, 0.1) is 5.92 Å². The molecule has 1 amide bonds. The predicted octanol–water partition coefficient (Wildman–Crippen LogP) is 3.95. The normalized spacial score (nSPS) is 18.9. The molecule has 2 aromatic carbocycles. The van der Waals surface area contributed by atoms with Crippen molar-refractivity contribution >= 4 is 17.4 Å². The second-order valence-corrected chi connectivity index (χ2v) is 8.95. The molecular formula is C27H31NO7. The van der Waals surface area contributed by atoms with Gasteiger partial charge in [0.05, 0.1) is 24.8 Å². The standard InChI is InChI=1S/C27H31NO7/c1-17(2)9-11-33-20-6-4-5-18(15-20)24-23(26(30)27(31)28(24)10-12-32-3)25(29)19-7-8-21-22(16-19)35-14-13-34-21/h4-8,15-17,24,29H,9-14H2,1-3H3. The molecule has 1 atom stereocenters. The molecule has 2 aliphatic rings. The van der Waals surface area contributed by atoms with E-state index in [1.165, 1.54) is 12.0 Å². The summed E-state index contributed by atoms with van der Waals surface area (Å²) >= 11 is 0. The number of carbonyl (C=O) groups is 2. The van der Waals surface area contributed by atoms with E-state index in [-0.39, 0.29) is 24.5 Å². The van der Waals surface area contributed by atoms with Crippen LogP contribution in [0.15, 0.2) is 48.0 Å². The third-order valence-corrected chi connectivity index (χ3v) is 6.03. The van der Waals surface area contributed by atoms with Crippen LogP contribution in [0.3, 0.4) is 0 Å². The van der Waals surface area contributed by atoms with Gasteiger partial charge < -0.3 is 29.0 Å². The molecule has 1 saturated heterocycles. The molecule has 2 aromatic rings. The van der Waals surface area contributed by atoms with Gasteiger partial charge in [0.25, 0.3) is 11.7 Å². The van der Waals surface area contributed by atoms with Crippen molar-refractivity contribution < 1.29 is 33.6 Å². The molecule has 4 rings (SSSR count). The molecule has 1 N–H and O–H groups in total. The summed E-state index contributed by atoms with van der Waals surface area (Å²) in [6, 6.07) is 11.5. The van der Waals surface area contributed by atoms with Gasteiger partial charge in [-0.1, -0.05) is 26.0 Å². The molecule has 0 saturated carbocycles. The lowest BCUT2D eigenvalue weighted by molar-refractivity contribution is -0.140. The Morgan fingerprint density at radius 1 is 1.09 bits per heavy atom. The molecule has 35 heavy (non-hydrogen) atoms. The highest BCUT2D eigenvalue weighted by molar-refractivity contribution is 6.46. The van der Waals surface area contributed by atoms with Crippen molar-refractivity contribution in [1.82, 2.24) is 4.90 Å². The fourth-order valence-corrected chi connectivity index (χ4v) is 4.18. The number of amides is 1. The number of likely N-dealkylation sites (tertiary alicyclic amines) is 1. The van der Waals surface area contributed by atoms with Crippen molar-refractivity contribution in [3.8, 4) is 17.2 Å². The van der Waals surface area contributed by atoms with E-state index < -0.39 is 17.7 Å². The first kappa shape index (κ1) is 24.6. The van der Waals surface area contributed by atoms with Gasteiger partial charge in [-0.2, -0.15) is 0 Å². The van der Waals surface area contributed by atoms with E-state index in [0.29, 0.717) is 54.1 Å².